The van der Waals surface area contributed by atoms with Crippen LogP contribution in [0.2, 0.25) is 0 Å². The molecule has 0 bridgehead atoms. The van der Waals surface area contributed by atoms with Crippen molar-refractivity contribution in [3.8, 4) is 0 Å². The highest BCUT2D eigenvalue weighted by Gasteiger charge is 2.26. The molecule has 0 aromatic heterocycles. The minimum atomic E-state index is 0.637. The minimum absolute atomic E-state index is 0.637. The van der Waals surface area contributed by atoms with E-state index in [1.165, 1.54) is 32.1 Å². The quantitative estimate of drug-likeness (QED) is 0.522. The molecule has 0 spiro atoms. The summed E-state index contributed by atoms with van der Waals surface area (Å²) in [7, 11) is 0. The van der Waals surface area contributed by atoms with Gasteiger partial charge in [0.1, 0.15) is 0 Å². The Balaban J connectivity index is 4.21. The molecule has 0 aliphatic heterocycles. The van der Waals surface area contributed by atoms with E-state index in [0.29, 0.717) is 5.41 Å². The number of hydrogen-bond acceptors (Lipinski definition) is 0. The lowest BCUT2D eigenvalue weighted by atomic mass is 9.71. The molecule has 0 amide bonds. The van der Waals surface area contributed by atoms with Crippen molar-refractivity contribution in [1.29, 1.82) is 0 Å². The molecule has 0 nitrogen and oxygen atoms in total. The maximum absolute atomic E-state index is 2.37. The van der Waals surface area contributed by atoms with Crippen LogP contribution in [0.3, 0.4) is 0 Å². The third-order valence-electron chi connectivity index (χ3n) is 3.59. The van der Waals surface area contributed by atoms with E-state index in [-0.39, 0.29) is 0 Å². The molecule has 14 heavy (non-hydrogen) atoms. The van der Waals surface area contributed by atoms with E-state index >= 15 is 0 Å². The SMILES string of the molecule is CCC(CC)(CCC(C)C)CC(C)C. The molecule has 0 rings (SSSR count). The predicted octanol–water partition coefficient (Wildman–Crippen LogP) is 5.28. The molecular formula is C14H30. The first-order valence-electron chi connectivity index (χ1n) is 6.45. The first kappa shape index (κ1) is 14.0. The van der Waals surface area contributed by atoms with Gasteiger partial charge in [-0.2, -0.15) is 0 Å². The van der Waals surface area contributed by atoms with Gasteiger partial charge >= 0.3 is 0 Å². The Morgan fingerprint density at radius 3 is 1.64 bits per heavy atom. The highest BCUT2D eigenvalue weighted by atomic mass is 14.3. The highest BCUT2D eigenvalue weighted by molar-refractivity contribution is 4.78. The second-order valence-electron chi connectivity index (χ2n) is 5.74. The lowest BCUT2D eigenvalue weighted by molar-refractivity contribution is 0.176. The van der Waals surface area contributed by atoms with Crippen molar-refractivity contribution in [1.82, 2.24) is 0 Å². The summed E-state index contributed by atoms with van der Waals surface area (Å²) < 4.78 is 0. The summed E-state index contributed by atoms with van der Waals surface area (Å²) in [6, 6.07) is 0. The second kappa shape index (κ2) is 6.48. The van der Waals surface area contributed by atoms with E-state index in [4.69, 9.17) is 0 Å². The van der Waals surface area contributed by atoms with Crippen molar-refractivity contribution in [2.75, 3.05) is 0 Å². The molecule has 0 atom stereocenters. The Morgan fingerprint density at radius 1 is 0.857 bits per heavy atom. The normalized spacial score (nSPS) is 12.9. The molecule has 0 aromatic carbocycles. The van der Waals surface area contributed by atoms with Gasteiger partial charge in [-0.25, -0.2) is 0 Å². The van der Waals surface area contributed by atoms with Crippen molar-refractivity contribution in [2.24, 2.45) is 17.3 Å². The van der Waals surface area contributed by atoms with E-state index < -0.39 is 0 Å². The van der Waals surface area contributed by atoms with Crippen molar-refractivity contribution >= 4 is 0 Å². The van der Waals surface area contributed by atoms with Crippen molar-refractivity contribution in [3.63, 3.8) is 0 Å². The van der Waals surface area contributed by atoms with Gasteiger partial charge in [-0.1, -0.05) is 60.8 Å². The molecule has 0 saturated carbocycles. The molecule has 0 heteroatoms. The molecule has 0 unspecified atom stereocenters. The molecule has 0 heterocycles. The van der Waals surface area contributed by atoms with Crippen LogP contribution in [0.1, 0.15) is 73.6 Å². The fourth-order valence-electron chi connectivity index (χ4n) is 2.46. The van der Waals surface area contributed by atoms with Crippen LogP contribution < -0.4 is 0 Å². The molecule has 0 aliphatic rings. The standard InChI is InChI=1S/C14H30/c1-7-14(8-2,11-13(5)6)10-9-12(3)4/h12-13H,7-11H2,1-6H3. The Morgan fingerprint density at radius 2 is 1.36 bits per heavy atom. The third kappa shape index (κ3) is 5.02. The molecular weight excluding hydrogens is 168 g/mol. The van der Waals surface area contributed by atoms with Gasteiger partial charge in [-0.3, -0.25) is 0 Å². The zero-order chi connectivity index (χ0) is 11.2. The fraction of sp³-hybridized carbons (Fsp3) is 1.00. The molecule has 86 valence electrons. The molecule has 0 N–H and O–H groups in total. The summed E-state index contributed by atoms with van der Waals surface area (Å²) in [6.07, 6.45) is 6.94. The van der Waals surface area contributed by atoms with E-state index in [9.17, 15) is 0 Å². The Hall–Kier alpha value is 0. The maximum atomic E-state index is 2.37. The summed E-state index contributed by atoms with van der Waals surface area (Å²) in [4.78, 5) is 0. The van der Waals surface area contributed by atoms with Crippen LogP contribution in [-0.4, -0.2) is 0 Å². The van der Waals surface area contributed by atoms with Crippen LogP contribution in [0.15, 0.2) is 0 Å². The Labute approximate surface area is 91.5 Å². The highest BCUT2D eigenvalue weighted by Crippen LogP contribution is 2.39. The lowest BCUT2D eigenvalue weighted by Gasteiger charge is -2.34. The lowest BCUT2D eigenvalue weighted by Crippen LogP contribution is -2.22. The number of rotatable bonds is 7. The topological polar surface area (TPSA) is 0 Å². The predicted molar refractivity (Wildman–Crippen MR) is 66.5 cm³/mol. The molecule has 0 radical (unpaired) electrons. The summed E-state index contributed by atoms with van der Waals surface area (Å²) in [6.45, 7) is 14.1. The van der Waals surface area contributed by atoms with Gasteiger partial charge in [-0.15, -0.1) is 0 Å². The molecule has 0 saturated heterocycles. The van der Waals surface area contributed by atoms with Crippen LogP contribution in [0, 0.1) is 17.3 Å². The minimum Gasteiger partial charge on any atom is -0.0649 e. The van der Waals surface area contributed by atoms with E-state index in [1.54, 1.807) is 0 Å². The van der Waals surface area contributed by atoms with E-state index in [0.717, 1.165) is 11.8 Å². The monoisotopic (exact) mass is 198 g/mol. The number of hydrogen-bond donors (Lipinski definition) is 0. The van der Waals surface area contributed by atoms with Crippen LogP contribution in [0.25, 0.3) is 0 Å². The fourth-order valence-corrected chi connectivity index (χ4v) is 2.46. The van der Waals surface area contributed by atoms with Gasteiger partial charge in [-0.05, 0) is 30.1 Å². The van der Waals surface area contributed by atoms with E-state index in [1.807, 2.05) is 0 Å². The first-order valence-corrected chi connectivity index (χ1v) is 6.45. The average Bonchev–Trinajstić information content (AvgIpc) is 2.11. The Bertz CT molecular complexity index is 129. The van der Waals surface area contributed by atoms with E-state index in [2.05, 4.69) is 41.5 Å². The van der Waals surface area contributed by atoms with Crippen molar-refractivity contribution in [3.05, 3.63) is 0 Å². The van der Waals surface area contributed by atoms with Gasteiger partial charge in [0, 0.05) is 0 Å². The van der Waals surface area contributed by atoms with Crippen molar-refractivity contribution in [2.45, 2.75) is 73.6 Å². The van der Waals surface area contributed by atoms with Gasteiger partial charge in [0.25, 0.3) is 0 Å². The summed E-state index contributed by atoms with van der Waals surface area (Å²) in [5, 5.41) is 0. The summed E-state index contributed by atoms with van der Waals surface area (Å²) in [5.41, 5.74) is 0.637. The molecule has 0 fully saturated rings. The van der Waals surface area contributed by atoms with Crippen LogP contribution in [0.4, 0.5) is 0 Å². The first-order chi connectivity index (χ1) is 6.45. The third-order valence-corrected chi connectivity index (χ3v) is 3.59. The zero-order valence-electron chi connectivity index (χ0n) is 11.2. The van der Waals surface area contributed by atoms with Gasteiger partial charge in [0.15, 0.2) is 0 Å². The second-order valence-corrected chi connectivity index (χ2v) is 5.74. The average molecular weight is 198 g/mol. The molecule has 0 aliphatic carbocycles. The summed E-state index contributed by atoms with van der Waals surface area (Å²) >= 11 is 0. The van der Waals surface area contributed by atoms with Crippen LogP contribution >= 0.6 is 0 Å². The summed E-state index contributed by atoms with van der Waals surface area (Å²) in [5.74, 6) is 1.71. The molecule has 0 aromatic rings. The maximum Gasteiger partial charge on any atom is -0.0300 e. The van der Waals surface area contributed by atoms with Crippen LogP contribution in [-0.2, 0) is 0 Å². The van der Waals surface area contributed by atoms with Gasteiger partial charge < -0.3 is 0 Å². The Kier molecular flexibility index (Phi) is 6.48. The van der Waals surface area contributed by atoms with Gasteiger partial charge in [0.05, 0.1) is 0 Å². The smallest absolute Gasteiger partial charge is 0.0300 e. The van der Waals surface area contributed by atoms with Crippen LogP contribution in [0.5, 0.6) is 0 Å². The zero-order valence-corrected chi connectivity index (χ0v) is 11.2. The largest absolute Gasteiger partial charge is 0.0649 e. The van der Waals surface area contributed by atoms with Crippen molar-refractivity contribution < 1.29 is 0 Å². The van der Waals surface area contributed by atoms with Gasteiger partial charge in [0.2, 0.25) is 0 Å².